The Morgan fingerprint density at radius 3 is 1.88 bits per heavy atom. The predicted molar refractivity (Wildman–Crippen MR) is 71.9 cm³/mol. The van der Waals surface area contributed by atoms with Crippen molar-refractivity contribution in [1.82, 2.24) is 15.0 Å². The van der Waals surface area contributed by atoms with Gasteiger partial charge < -0.3 is 15.1 Å². The predicted octanol–water partition coefficient (Wildman–Crippen LogP) is 1.22. The molecule has 1 aromatic rings. The van der Waals surface area contributed by atoms with E-state index in [0.717, 1.165) is 19.4 Å². The topological polar surface area (TPSA) is 57.2 Å². The fourth-order valence-corrected chi connectivity index (χ4v) is 1.21. The molecule has 0 fully saturated rings. The Bertz CT molecular complexity index is 324. The van der Waals surface area contributed by atoms with Crippen LogP contribution in [0, 0.1) is 0 Å². The van der Waals surface area contributed by atoms with Crippen LogP contribution in [0.4, 0.5) is 17.8 Å². The molecule has 1 rings (SSSR count). The fourth-order valence-electron chi connectivity index (χ4n) is 1.21. The highest BCUT2D eigenvalue weighted by atomic mass is 15.3. The summed E-state index contributed by atoms with van der Waals surface area (Å²) in [5, 5.41) is 3.22. The minimum Gasteiger partial charge on any atom is -0.354 e. The van der Waals surface area contributed by atoms with E-state index in [0.29, 0.717) is 17.8 Å². The third-order valence-corrected chi connectivity index (χ3v) is 2.23. The molecule has 17 heavy (non-hydrogen) atoms. The van der Waals surface area contributed by atoms with Crippen LogP contribution in [0.3, 0.4) is 0 Å². The summed E-state index contributed by atoms with van der Waals surface area (Å²) in [6, 6.07) is 0. The first-order valence-electron chi connectivity index (χ1n) is 5.89. The number of aromatic nitrogens is 3. The number of hydrogen-bond donors (Lipinski definition) is 1. The molecule has 0 saturated heterocycles. The van der Waals surface area contributed by atoms with Crippen molar-refractivity contribution >= 4 is 17.8 Å². The summed E-state index contributed by atoms with van der Waals surface area (Å²) in [6.45, 7) is 3.05. The highest BCUT2D eigenvalue weighted by molar-refractivity contribution is 5.43. The molecule has 0 unspecified atom stereocenters. The maximum absolute atomic E-state index is 4.35. The van der Waals surface area contributed by atoms with Crippen molar-refractivity contribution in [3.8, 4) is 0 Å². The summed E-state index contributed by atoms with van der Waals surface area (Å²) in [5.41, 5.74) is 0. The Labute approximate surface area is 103 Å². The Morgan fingerprint density at radius 2 is 1.47 bits per heavy atom. The zero-order chi connectivity index (χ0) is 12.8. The van der Waals surface area contributed by atoms with Gasteiger partial charge in [0.1, 0.15) is 0 Å². The molecule has 0 aromatic carbocycles. The van der Waals surface area contributed by atoms with Crippen LogP contribution in [-0.2, 0) is 0 Å². The van der Waals surface area contributed by atoms with Crippen molar-refractivity contribution < 1.29 is 0 Å². The van der Waals surface area contributed by atoms with Crippen LogP contribution in [-0.4, -0.2) is 49.7 Å². The lowest BCUT2D eigenvalue weighted by Crippen LogP contribution is -2.20. The van der Waals surface area contributed by atoms with E-state index in [4.69, 9.17) is 0 Å². The molecule has 0 spiro atoms. The van der Waals surface area contributed by atoms with Gasteiger partial charge in [-0.25, -0.2) is 0 Å². The monoisotopic (exact) mass is 238 g/mol. The second-order valence-corrected chi connectivity index (χ2v) is 4.33. The summed E-state index contributed by atoms with van der Waals surface area (Å²) >= 11 is 0. The van der Waals surface area contributed by atoms with Gasteiger partial charge in [-0.15, -0.1) is 0 Å². The SMILES string of the molecule is CCCCNc1nc(N(C)C)nc(N(C)C)n1. The van der Waals surface area contributed by atoms with Gasteiger partial charge in [0.25, 0.3) is 0 Å². The number of nitrogens with zero attached hydrogens (tertiary/aromatic N) is 5. The molecule has 0 aliphatic carbocycles. The summed E-state index contributed by atoms with van der Waals surface area (Å²) in [7, 11) is 7.68. The smallest absolute Gasteiger partial charge is 0.231 e. The Morgan fingerprint density at radius 1 is 0.941 bits per heavy atom. The van der Waals surface area contributed by atoms with Gasteiger partial charge in [0.05, 0.1) is 0 Å². The quantitative estimate of drug-likeness (QED) is 0.752. The first-order chi connectivity index (χ1) is 8.04. The van der Waals surface area contributed by atoms with Crippen LogP contribution in [0.1, 0.15) is 19.8 Å². The third-order valence-electron chi connectivity index (χ3n) is 2.23. The second kappa shape index (κ2) is 6.22. The minimum atomic E-state index is 0.640. The number of rotatable bonds is 6. The number of unbranched alkanes of at least 4 members (excludes halogenated alkanes) is 1. The van der Waals surface area contributed by atoms with Crippen molar-refractivity contribution in [2.24, 2.45) is 0 Å². The Balaban J connectivity index is 2.88. The molecule has 0 radical (unpaired) electrons. The van der Waals surface area contributed by atoms with Gasteiger partial charge in [-0.2, -0.15) is 15.0 Å². The van der Waals surface area contributed by atoms with Gasteiger partial charge in [0.15, 0.2) is 0 Å². The molecule has 0 bridgehead atoms. The second-order valence-electron chi connectivity index (χ2n) is 4.33. The van der Waals surface area contributed by atoms with Gasteiger partial charge in [0.2, 0.25) is 17.8 Å². The first kappa shape index (κ1) is 13.5. The standard InChI is InChI=1S/C11H22N6/c1-6-7-8-12-9-13-10(16(2)3)15-11(14-9)17(4)5/h6-8H2,1-5H3,(H,12,13,14,15). The molecule has 6 nitrogen and oxygen atoms in total. The minimum absolute atomic E-state index is 0.640. The molecule has 6 heteroatoms. The van der Waals surface area contributed by atoms with Crippen LogP contribution in [0.2, 0.25) is 0 Å². The van der Waals surface area contributed by atoms with E-state index in [1.54, 1.807) is 0 Å². The lowest BCUT2D eigenvalue weighted by atomic mass is 10.3. The lowest BCUT2D eigenvalue weighted by Gasteiger charge is -2.16. The van der Waals surface area contributed by atoms with Crippen LogP contribution in [0.25, 0.3) is 0 Å². The van der Waals surface area contributed by atoms with Gasteiger partial charge in [0, 0.05) is 34.7 Å². The fraction of sp³-hybridized carbons (Fsp3) is 0.727. The highest BCUT2D eigenvalue weighted by Crippen LogP contribution is 2.13. The van der Waals surface area contributed by atoms with Crippen molar-refractivity contribution in [1.29, 1.82) is 0 Å². The molecule has 1 aromatic heterocycles. The summed E-state index contributed by atoms with van der Waals surface area (Å²) in [4.78, 5) is 16.8. The zero-order valence-corrected chi connectivity index (χ0v) is 11.4. The molecular formula is C11H22N6. The highest BCUT2D eigenvalue weighted by Gasteiger charge is 2.08. The van der Waals surface area contributed by atoms with Crippen LogP contribution in [0.15, 0.2) is 0 Å². The van der Waals surface area contributed by atoms with Crippen LogP contribution in [0.5, 0.6) is 0 Å². The molecule has 96 valence electrons. The van der Waals surface area contributed by atoms with Gasteiger partial charge in [-0.1, -0.05) is 13.3 Å². The largest absolute Gasteiger partial charge is 0.354 e. The first-order valence-corrected chi connectivity index (χ1v) is 5.89. The maximum atomic E-state index is 4.35. The number of anilines is 3. The van der Waals surface area contributed by atoms with E-state index in [1.165, 1.54) is 0 Å². The van der Waals surface area contributed by atoms with Gasteiger partial charge in [-0.3, -0.25) is 0 Å². The van der Waals surface area contributed by atoms with Gasteiger partial charge in [-0.05, 0) is 6.42 Å². The van der Waals surface area contributed by atoms with E-state index in [9.17, 15) is 0 Å². The Kier molecular flexibility index (Phi) is 4.93. The maximum Gasteiger partial charge on any atom is 0.231 e. The van der Waals surface area contributed by atoms with Crippen molar-refractivity contribution in [2.75, 3.05) is 49.9 Å². The number of nitrogens with one attached hydrogen (secondary N) is 1. The number of hydrogen-bond acceptors (Lipinski definition) is 6. The third kappa shape index (κ3) is 4.05. The molecule has 1 heterocycles. The Hall–Kier alpha value is -1.59. The lowest BCUT2D eigenvalue weighted by molar-refractivity contribution is 0.820. The molecule has 0 atom stereocenters. The molecule has 1 N–H and O–H groups in total. The van der Waals surface area contributed by atoms with E-state index in [1.807, 2.05) is 38.0 Å². The summed E-state index contributed by atoms with van der Waals surface area (Å²) in [6.07, 6.45) is 2.26. The molecular weight excluding hydrogens is 216 g/mol. The average molecular weight is 238 g/mol. The molecule has 0 amide bonds. The van der Waals surface area contributed by atoms with E-state index >= 15 is 0 Å². The van der Waals surface area contributed by atoms with E-state index < -0.39 is 0 Å². The summed E-state index contributed by atoms with van der Waals surface area (Å²) in [5.74, 6) is 1.98. The molecule has 0 saturated carbocycles. The van der Waals surface area contributed by atoms with E-state index in [-0.39, 0.29) is 0 Å². The molecule has 0 aliphatic heterocycles. The van der Waals surface area contributed by atoms with Crippen LogP contribution < -0.4 is 15.1 Å². The van der Waals surface area contributed by atoms with Crippen molar-refractivity contribution in [2.45, 2.75) is 19.8 Å². The van der Waals surface area contributed by atoms with Crippen molar-refractivity contribution in [3.05, 3.63) is 0 Å². The molecule has 0 aliphatic rings. The zero-order valence-electron chi connectivity index (χ0n) is 11.4. The average Bonchev–Trinajstić information content (AvgIpc) is 2.29. The van der Waals surface area contributed by atoms with Crippen LogP contribution >= 0.6 is 0 Å². The van der Waals surface area contributed by atoms with Crippen molar-refractivity contribution in [3.63, 3.8) is 0 Å². The summed E-state index contributed by atoms with van der Waals surface area (Å²) < 4.78 is 0. The van der Waals surface area contributed by atoms with E-state index in [2.05, 4.69) is 27.2 Å². The normalized spacial score (nSPS) is 10.2. The van der Waals surface area contributed by atoms with Gasteiger partial charge >= 0.3 is 0 Å².